The van der Waals surface area contributed by atoms with Crippen molar-refractivity contribution in [3.63, 3.8) is 0 Å². The highest BCUT2D eigenvalue weighted by Gasteiger charge is 2.37. The Morgan fingerprint density at radius 3 is 2.16 bits per heavy atom. The van der Waals surface area contributed by atoms with Gasteiger partial charge in [0.15, 0.2) is 8.32 Å². The summed E-state index contributed by atoms with van der Waals surface area (Å²) in [7, 11) is -1.77. The topological polar surface area (TPSA) is 61.6 Å². The SMILES string of the molecule is Cc1cc(C)c(C(C)(C)CCO[Si](C)(C)C(C)(C)C)c(OC(N)=O)c1. The molecule has 0 fully saturated rings. The molecule has 0 saturated carbocycles. The smallest absolute Gasteiger partial charge is 0.409 e. The van der Waals surface area contributed by atoms with Crippen molar-refractivity contribution in [2.45, 2.75) is 78.4 Å². The Bertz CT molecular complexity index is 631. The fourth-order valence-electron chi connectivity index (χ4n) is 2.89. The average molecular weight is 366 g/mol. The van der Waals surface area contributed by atoms with Gasteiger partial charge in [0, 0.05) is 12.2 Å². The van der Waals surface area contributed by atoms with Crippen molar-refractivity contribution < 1.29 is 14.0 Å². The van der Waals surface area contributed by atoms with E-state index in [0.717, 1.165) is 23.1 Å². The van der Waals surface area contributed by atoms with Crippen LogP contribution >= 0.6 is 0 Å². The molecule has 4 nitrogen and oxygen atoms in total. The zero-order valence-electron chi connectivity index (χ0n) is 17.4. The van der Waals surface area contributed by atoms with Crippen molar-refractivity contribution >= 4 is 14.4 Å². The van der Waals surface area contributed by atoms with Crippen molar-refractivity contribution in [2.75, 3.05) is 6.61 Å². The Hall–Kier alpha value is -1.33. The molecule has 0 bridgehead atoms. The van der Waals surface area contributed by atoms with E-state index in [1.807, 2.05) is 19.9 Å². The Balaban J connectivity index is 3.04. The third kappa shape index (κ3) is 5.58. The molecule has 0 aromatic heterocycles. The third-order valence-electron chi connectivity index (χ3n) is 5.33. The molecule has 0 aliphatic carbocycles. The number of carbonyl (C=O) groups excluding carboxylic acids is 1. The monoisotopic (exact) mass is 365 g/mol. The van der Waals surface area contributed by atoms with Crippen LogP contribution in [0.3, 0.4) is 0 Å². The molecule has 1 aromatic rings. The van der Waals surface area contributed by atoms with Gasteiger partial charge in [-0.3, -0.25) is 0 Å². The first kappa shape index (κ1) is 21.7. The van der Waals surface area contributed by atoms with Crippen LogP contribution < -0.4 is 10.5 Å². The molecule has 0 unspecified atom stereocenters. The summed E-state index contributed by atoms with van der Waals surface area (Å²) in [6, 6.07) is 3.99. The number of aryl methyl sites for hydroxylation is 2. The molecule has 5 heteroatoms. The first-order valence-corrected chi connectivity index (χ1v) is 11.8. The quantitative estimate of drug-likeness (QED) is 0.682. The summed E-state index contributed by atoms with van der Waals surface area (Å²) in [5.74, 6) is 0.558. The minimum absolute atomic E-state index is 0.190. The minimum Gasteiger partial charge on any atom is -0.417 e. The van der Waals surface area contributed by atoms with Gasteiger partial charge in [-0.05, 0) is 61.0 Å². The second-order valence-electron chi connectivity index (χ2n) is 9.12. The lowest BCUT2D eigenvalue weighted by atomic mass is 9.78. The lowest BCUT2D eigenvalue weighted by Crippen LogP contribution is -2.41. The Morgan fingerprint density at radius 1 is 1.12 bits per heavy atom. The highest BCUT2D eigenvalue weighted by molar-refractivity contribution is 6.74. The number of hydrogen-bond acceptors (Lipinski definition) is 3. The van der Waals surface area contributed by atoms with Gasteiger partial charge in [-0.2, -0.15) is 0 Å². The molecule has 2 N–H and O–H groups in total. The van der Waals surface area contributed by atoms with E-state index in [9.17, 15) is 4.79 Å². The summed E-state index contributed by atoms with van der Waals surface area (Å²) >= 11 is 0. The lowest BCUT2D eigenvalue weighted by molar-refractivity contribution is 0.208. The maximum absolute atomic E-state index is 11.3. The predicted octanol–water partition coefficient (Wildman–Crippen LogP) is 5.45. The molecule has 1 rings (SSSR count). The van der Waals surface area contributed by atoms with Gasteiger partial charge >= 0.3 is 6.09 Å². The van der Waals surface area contributed by atoms with Crippen LogP contribution in [0.25, 0.3) is 0 Å². The molecule has 142 valence electrons. The second kappa shape index (κ2) is 7.50. The van der Waals surface area contributed by atoms with Gasteiger partial charge in [0.05, 0.1) is 0 Å². The van der Waals surface area contributed by atoms with Crippen molar-refractivity contribution in [1.29, 1.82) is 0 Å². The van der Waals surface area contributed by atoms with Gasteiger partial charge < -0.3 is 14.9 Å². The zero-order valence-corrected chi connectivity index (χ0v) is 18.4. The van der Waals surface area contributed by atoms with Crippen molar-refractivity contribution in [2.24, 2.45) is 5.73 Å². The molecule has 25 heavy (non-hydrogen) atoms. The molecule has 1 aromatic carbocycles. The summed E-state index contributed by atoms with van der Waals surface area (Å²) < 4.78 is 11.6. The fraction of sp³-hybridized carbons (Fsp3) is 0.650. The number of hydrogen-bond donors (Lipinski definition) is 1. The summed E-state index contributed by atoms with van der Waals surface area (Å²) in [5, 5.41) is 0.192. The van der Waals surface area contributed by atoms with Crippen LogP contribution in [0.5, 0.6) is 5.75 Å². The summed E-state index contributed by atoms with van der Waals surface area (Å²) in [5.41, 5.74) is 8.25. The number of rotatable bonds is 6. The van der Waals surface area contributed by atoms with E-state index >= 15 is 0 Å². The van der Waals surface area contributed by atoms with Crippen LogP contribution in [-0.4, -0.2) is 21.0 Å². The molecule has 0 saturated heterocycles. The summed E-state index contributed by atoms with van der Waals surface area (Å²) in [6.45, 7) is 20.3. The lowest BCUT2D eigenvalue weighted by Gasteiger charge is -2.37. The maximum Gasteiger partial charge on any atom is 0.409 e. The molecule has 0 aliphatic heterocycles. The number of carbonyl (C=O) groups is 1. The standard InChI is InChI=1S/C20H35NO3Si/c1-14-12-15(2)17(16(13-14)24-18(21)22)20(6,7)10-11-23-25(8,9)19(3,4)5/h12-13H,10-11H2,1-9H3,(H2,21,22). The van der Waals surface area contributed by atoms with E-state index in [1.54, 1.807) is 0 Å². The number of ether oxygens (including phenoxy) is 1. The summed E-state index contributed by atoms with van der Waals surface area (Å²) in [4.78, 5) is 11.3. The third-order valence-corrected chi connectivity index (χ3v) is 9.87. The Morgan fingerprint density at radius 2 is 1.68 bits per heavy atom. The highest BCUT2D eigenvalue weighted by Crippen LogP contribution is 2.40. The van der Waals surface area contributed by atoms with E-state index in [-0.39, 0.29) is 10.5 Å². The number of amides is 1. The van der Waals surface area contributed by atoms with Crippen molar-refractivity contribution in [3.8, 4) is 5.75 Å². The molecule has 0 heterocycles. The van der Waals surface area contributed by atoms with Crippen molar-refractivity contribution in [3.05, 3.63) is 28.8 Å². The van der Waals surface area contributed by atoms with E-state index in [1.165, 1.54) is 0 Å². The van der Waals surface area contributed by atoms with Crippen LogP contribution in [0.2, 0.25) is 18.1 Å². The highest BCUT2D eigenvalue weighted by atomic mass is 28.4. The van der Waals surface area contributed by atoms with E-state index < -0.39 is 14.4 Å². The largest absolute Gasteiger partial charge is 0.417 e. The normalized spacial score (nSPS) is 13.0. The van der Waals surface area contributed by atoms with E-state index in [0.29, 0.717) is 12.4 Å². The van der Waals surface area contributed by atoms with Gasteiger partial charge in [0.2, 0.25) is 0 Å². The number of nitrogens with two attached hydrogens (primary N) is 1. The summed E-state index contributed by atoms with van der Waals surface area (Å²) in [6.07, 6.45) is 0.0676. The molecule has 0 aliphatic rings. The molecule has 0 spiro atoms. The van der Waals surface area contributed by atoms with Crippen LogP contribution in [0.1, 0.15) is 57.7 Å². The molecule has 0 atom stereocenters. The van der Waals surface area contributed by atoms with Crippen LogP contribution in [0.4, 0.5) is 4.79 Å². The molecule has 1 amide bonds. The number of benzene rings is 1. The predicted molar refractivity (Wildman–Crippen MR) is 107 cm³/mol. The van der Waals surface area contributed by atoms with E-state index in [2.05, 4.69) is 53.8 Å². The van der Waals surface area contributed by atoms with E-state index in [4.69, 9.17) is 14.9 Å². The fourth-order valence-corrected chi connectivity index (χ4v) is 3.93. The molecular weight excluding hydrogens is 330 g/mol. The second-order valence-corrected chi connectivity index (χ2v) is 13.9. The first-order valence-electron chi connectivity index (χ1n) is 8.90. The van der Waals surface area contributed by atoms with Gasteiger partial charge in [0.25, 0.3) is 0 Å². The first-order chi connectivity index (χ1) is 11.2. The van der Waals surface area contributed by atoms with Crippen molar-refractivity contribution in [1.82, 2.24) is 0 Å². The van der Waals surface area contributed by atoms with Gasteiger partial charge in [-0.1, -0.05) is 40.7 Å². The average Bonchev–Trinajstić information content (AvgIpc) is 2.34. The Kier molecular flexibility index (Phi) is 6.51. The van der Waals surface area contributed by atoms with Crippen LogP contribution in [-0.2, 0) is 9.84 Å². The minimum atomic E-state index is -1.77. The Labute approximate surface area is 154 Å². The van der Waals surface area contributed by atoms with Crippen LogP contribution in [0, 0.1) is 13.8 Å². The number of primary amides is 1. The van der Waals surface area contributed by atoms with Gasteiger partial charge in [-0.25, -0.2) is 4.79 Å². The molecule has 0 radical (unpaired) electrons. The van der Waals surface area contributed by atoms with Gasteiger partial charge in [0.1, 0.15) is 5.75 Å². The molecular formula is C20H35NO3Si. The zero-order chi connectivity index (χ0) is 19.6. The van der Waals surface area contributed by atoms with Gasteiger partial charge in [-0.15, -0.1) is 0 Å². The van der Waals surface area contributed by atoms with Crippen LogP contribution in [0.15, 0.2) is 12.1 Å². The maximum atomic E-state index is 11.3.